The van der Waals surface area contributed by atoms with Gasteiger partial charge in [0.05, 0.1) is 0 Å². The summed E-state index contributed by atoms with van der Waals surface area (Å²) >= 11 is 0. The van der Waals surface area contributed by atoms with Crippen LogP contribution in [-0.4, -0.2) is 17.4 Å². The van der Waals surface area contributed by atoms with Gasteiger partial charge in [-0.1, -0.05) is 116 Å². The zero-order valence-electron chi connectivity index (χ0n) is 19.1. The van der Waals surface area contributed by atoms with E-state index in [1.165, 1.54) is 109 Å². The third-order valence-corrected chi connectivity index (χ3v) is 6.12. The van der Waals surface area contributed by atoms with Gasteiger partial charge in [-0.2, -0.15) is 0 Å². The van der Waals surface area contributed by atoms with E-state index in [1.807, 2.05) is 4.90 Å². The van der Waals surface area contributed by atoms with Crippen LogP contribution in [0.2, 0.25) is 0 Å². The Kier molecular flexibility index (Phi) is 17.6. The third-order valence-electron chi connectivity index (χ3n) is 6.12. The van der Waals surface area contributed by atoms with Crippen molar-refractivity contribution in [2.45, 2.75) is 142 Å². The number of likely N-dealkylation sites (tertiary alicyclic amines) is 1. The normalized spacial score (nSPS) is 15.5. The van der Waals surface area contributed by atoms with Crippen LogP contribution < -0.4 is 0 Å². The van der Waals surface area contributed by atoms with Crippen LogP contribution >= 0.6 is 0 Å². The van der Waals surface area contributed by atoms with Crippen LogP contribution in [0.1, 0.15) is 142 Å². The van der Waals surface area contributed by atoms with Crippen molar-refractivity contribution in [1.29, 1.82) is 0 Å². The monoisotopic (exact) mass is 391 g/mol. The highest BCUT2D eigenvalue weighted by atomic mass is 16.2. The van der Waals surface area contributed by atoms with Crippen LogP contribution in [0.15, 0.2) is 12.3 Å². The van der Waals surface area contributed by atoms with Crippen molar-refractivity contribution in [3.8, 4) is 0 Å². The SMILES string of the molecule is CCCCCCCCCCCCCCCCCCC=CN1CCCCCC1=O. The second-order valence-corrected chi connectivity index (χ2v) is 8.87. The minimum absolute atomic E-state index is 0.320. The molecule has 0 bridgehead atoms. The molecule has 1 aliphatic rings. The number of carbonyl (C=O) groups is 1. The Balaban J connectivity index is 1.77. The number of rotatable bonds is 18. The molecule has 0 saturated carbocycles. The predicted molar refractivity (Wildman–Crippen MR) is 123 cm³/mol. The molecule has 0 spiro atoms. The van der Waals surface area contributed by atoms with Gasteiger partial charge >= 0.3 is 0 Å². The van der Waals surface area contributed by atoms with Gasteiger partial charge in [0.2, 0.25) is 5.91 Å². The smallest absolute Gasteiger partial charge is 0.226 e. The molecule has 0 radical (unpaired) electrons. The summed E-state index contributed by atoms with van der Waals surface area (Å²) in [7, 11) is 0. The molecular formula is C26H49NO. The van der Waals surface area contributed by atoms with Crippen molar-refractivity contribution in [2.75, 3.05) is 6.54 Å². The van der Waals surface area contributed by atoms with E-state index in [4.69, 9.17) is 0 Å². The molecule has 28 heavy (non-hydrogen) atoms. The molecule has 2 heteroatoms. The Bertz CT molecular complexity index is 377. The molecule has 0 aromatic rings. The third kappa shape index (κ3) is 15.2. The van der Waals surface area contributed by atoms with Crippen LogP contribution in [0.5, 0.6) is 0 Å². The first-order valence-electron chi connectivity index (χ1n) is 12.8. The van der Waals surface area contributed by atoms with Crippen LogP contribution in [0, 0.1) is 0 Å². The average Bonchev–Trinajstić information content (AvgIpc) is 2.91. The van der Waals surface area contributed by atoms with E-state index >= 15 is 0 Å². The lowest BCUT2D eigenvalue weighted by atomic mass is 10.0. The van der Waals surface area contributed by atoms with E-state index < -0.39 is 0 Å². The van der Waals surface area contributed by atoms with Crippen molar-refractivity contribution in [2.24, 2.45) is 0 Å². The largest absolute Gasteiger partial charge is 0.319 e. The van der Waals surface area contributed by atoms with E-state index in [0.29, 0.717) is 5.91 Å². The van der Waals surface area contributed by atoms with Crippen molar-refractivity contribution in [3.05, 3.63) is 12.3 Å². The molecule has 0 N–H and O–H groups in total. The van der Waals surface area contributed by atoms with Gasteiger partial charge in [-0.15, -0.1) is 0 Å². The van der Waals surface area contributed by atoms with Crippen LogP contribution in [-0.2, 0) is 4.79 Å². The Morgan fingerprint density at radius 2 is 1.18 bits per heavy atom. The Morgan fingerprint density at radius 1 is 0.679 bits per heavy atom. The molecule has 2 nitrogen and oxygen atoms in total. The van der Waals surface area contributed by atoms with Crippen molar-refractivity contribution in [1.82, 2.24) is 4.90 Å². The van der Waals surface area contributed by atoms with E-state index in [2.05, 4.69) is 19.2 Å². The molecule has 0 atom stereocenters. The summed E-state index contributed by atoms with van der Waals surface area (Å²) in [5.74, 6) is 0.320. The van der Waals surface area contributed by atoms with Crippen molar-refractivity contribution in [3.63, 3.8) is 0 Å². The van der Waals surface area contributed by atoms with Crippen molar-refractivity contribution >= 4 is 5.91 Å². The molecule has 0 aromatic heterocycles. The first-order valence-corrected chi connectivity index (χ1v) is 12.8. The highest BCUT2D eigenvalue weighted by Crippen LogP contribution is 2.15. The van der Waals surface area contributed by atoms with Gasteiger partial charge in [-0.25, -0.2) is 0 Å². The molecule has 1 aliphatic heterocycles. The van der Waals surface area contributed by atoms with Crippen LogP contribution in [0.4, 0.5) is 0 Å². The Morgan fingerprint density at radius 3 is 1.71 bits per heavy atom. The average molecular weight is 392 g/mol. The zero-order valence-corrected chi connectivity index (χ0v) is 19.1. The summed E-state index contributed by atoms with van der Waals surface area (Å²) in [5.41, 5.74) is 0. The molecule has 1 fully saturated rings. The predicted octanol–water partition coefficient (Wildman–Crippen LogP) is 8.55. The topological polar surface area (TPSA) is 20.3 Å². The zero-order chi connectivity index (χ0) is 20.1. The first kappa shape index (κ1) is 25.2. The maximum atomic E-state index is 11.9. The number of amides is 1. The number of hydrogen-bond acceptors (Lipinski definition) is 1. The lowest BCUT2D eigenvalue weighted by molar-refractivity contribution is -0.128. The minimum atomic E-state index is 0.320. The van der Waals surface area contributed by atoms with Gasteiger partial charge in [0.1, 0.15) is 0 Å². The summed E-state index contributed by atoms with van der Waals surface area (Å²) in [5, 5.41) is 0. The first-order chi connectivity index (χ1) is 13.8. The summed E-state index contributed by atoms with van der Waals surface area (Å²) in [4.78, 5) is 13.8. The molecule has 1 rings (SSSR count). The molecule has 0 aliphatic carbocycles. The number of carbonyl (C=O) groups excluding carboxylic acids is 1. The standard InChI is InChI=1S/C26H49NO/c1-2-3-4-5-6-7-8-9-10-11-12-13-14-15-16-17-18-21-24-27-25-22-19-20-23-26(27)28/h21,24H,2-20,22-23,25H2,1H3. The Hall–Kier alpha value is -0.790. The molecule has 1 heterocycles. The number of nitrogens with zero attached hydrogens (tertiary/aromatic N) is 1. The van der Waals surface area contributed by atoms with Gasteiger partial charge in [0.25, 0.3) is 0 Å². The fourth-order valence-corrected chi connectivity index (χ4v) is 4.17. The van der Waals surface area contributed by atoms with Crippen molar-refractivity contribution < 1.29 is 4.79 Å². The number of hydrogen-bond donors (Lipinski definition) is 0. The molecule has 1 amide bonds. The maximum Gasteiger partial charge on any atom is 0.226 e. The van der Waals surface area contributed by atoms with Gasteiger partial charge in [-0.3, -0.25) is 4.79 Å². The number of allylic oxidation sites excluding steroid dienone is 1. The molecule has 1 saturated heterocycles. The summed E-state index contributed by atoms with van der Waals surface area (Å²) in [6.07, 6.45) is 32.3. The van der Waals surface area contributed by atoms with Crippen LogP contribution in [0.25, 0.3) is 0 Å². The summed E-state index contributed by atoms with van der Waals surface area (Å²) < 4.78 is 0. The van der Waals surface area contributed by atoms with E-state index in [9.17, 15) is 4.79 Å². The van der Waals surface area contributed by atoms with E-state index in [0.717, 1.165) is 32.2 Å². The number of unbranched alkanes of at least 4 members (excludes halogenated alkanes) is 16. The van der Waals surface area contributed by atoms with E-state index in [1.54, 1.807) is 0 Å². The van der Waals surface area contributed by atoms with Gasteiger partial charge in [-0.05, 0) is 25.7 Å². The van der Waals surface area contributed by atoms with Gasteiger partial charge in [0.15, 0.2) is 0 Å². The highest BCUT2D eigenvalue weighted by molar-refractivity contribution is 5.77. The lowest BCUT2D eigenvalue weighted by Crippen LogP contribution is -2.24. The van der Waals surface area contributed by atoms with Gasteiger partial charge < -0.3 is 4.90 Å². The summed E-state index contributed by atoms with van der Waals surface area (Å²) in [6, 6.07) is 0. The minimum Gasteiger partial charge on any atom is -0.319 e. The van der Waals surface area contributed by atoms with Crippen LogP contribution in [0.3, 0.4) is 0 Å². The molecule has 164 valence electrons. The lowest BCUT2D eigenvalue weighted by Gasteiger charge is -2.14. The fourth-order valence-electron chi connectivity index (χ4n) is 4.17. The van der Waals surface area contributed by atoms with E-state index in [-0.39, 0.29) is 0 Å². The molecular weight excluding hydrogens is 342 g/mol. The second-order valence-electron chi connectivity index (χ2n) is 8.87. The highest BCUT2D eigenvalue weighted by Gasteiger charge is 2.13. The second kappa shape index (κ2) is 19.5. The summed E-state index contributed by atoms with van der Waals surface area (Å²) in [6.45, 7) is 3.22. The molecule has 0 aromatic carbocycles. The quantitative estimate of drug-likeness (QED) is 0.214. The maximum absolute atomic E-state index is 11.9. The molecule has 0 unspecified atom stereocenters. The fraction of sp³-hybridized carbons (Fsp3) is 0.885. The Labute approximate surface area is 176 Å². The van der Waals surface area contributed by atoms with Gasteiger partial charge in [0, 0.05) is 19.2 Å².